The van der Waals surface area contributed by atoms with Gasteiger partial charge in [0, 0.05) is 11.9 Å². The predicted octanol–water partition coefficient (Wildman–Crippen LogP) is 5.59. The Labute approximate surface area is 208 Å². The van der Waals surface area contributed by atoms with Crippen LogP contribution in [0.4, 0.5) is 5.00 Å². The molecule has 1 aliphatic carbocycles. The topological polar surface area (TPSA) is 92.8 Å². The lowest BCUT2D eigenvalue weighted by molar-refractivity contribution is -0.113. The van der Waals surface area contributed by atoms with Crippen LogP contribution in [0.3, 0.4) is 0 Å². The van der Waals surface area contributed by atoms with E-state index in [1.54, 1.807) is 11.3 Å². The van der Waals surface area contributed by atoms with Crippen molar-refractivity contribution in [3.05, 3.63) is 51.7 Å². The Kier molecular flexibility index (Phi) is 7.91. The summed E-state index contributed by atoms with van der Waals surface area (Å²) < 4.78 is 7.88. The van der Waals surface area contributed by atoms with Crippen LogP contribution in [-0.4, -0.2) is 26.4 Å². The first-order valence-corrected chi connectivity index (χ1v) is 13.4. The lowest BCUT2D eigenvalue weighted by atomic mass is 9.97. The normalized spacial score (nSPS) is 14.4. The summed E-state index contributed by atoms with van der Waals surface area (Å²) in [5.74, 6) is 1.51. The van der Waals surface area contributed by atoms with E-state index in [0.717, 1.165) is 42.6 Å². The number of nitrogens with zero attached hydrogens (tertiary/aromatic N) is 4. The van der Waals surface area contributed by atoms with E-state index in [0.29, 0.717) is 21.5 Å². The van der Waals surface area contributed by atoms with E-state index in [1.165, 1.54) is 29.5 Å². The zero-order valence-electron chi connectivity index (χ0n) is 19.8. The molecule has 178 valence electrons. The Morgan fingerprint density at radius 2 is 2.09 bits per heavy atom. The molecule has 1 amide bonds. The molecule has 0 bridgehead atoms. The number of nitrogens with one attached hydrogen (secondary N) is 1. The fraction of sp³-hybridized carbons (Fsp3) is 0.440. The summed E-state index contributed by atoms with van der Waals surface area (Å²) in [5, 5.41) is 22.5. The van der Waals surface area contributed by atoms with E-state index < -0.39 is 0 Å². The molecule has 0 spiro atoms. The third kappa shape index (κ3) is 5.62. The monoisotopic (exact) mass is 495 g/mol. The van der Waals surface area contributed by atoms with Crippen molar-refractivity contribution < 1.29 is 9.53 Å². The van der Waals surface area contributed by atoms with Gasteiger partial charge in [0.1, 0.15) is 16.8 Å². The zero-order valence-corrected chi connectivity index (χ0v) is 21.4. The molecular formula is C25H29N5O2S2. The van der Waals surface area contributed by atoms with Crippen LogP contribution in [0, 0.1) is 18.3 Å². The van der Waals surface area contributed by atoms with E-state index in [2.05, 4.69) is 21.6 Å². The van der Waals surface area contributed by atoms with Gasteiger partial charge in [-0.25, -0.2) is 0 Å². The van der Waals surface area contributed by atoms with Gasteiger partial charge in [0.2, 0.25) is 5.91 Å². The summed E-state index contributed by atoms with van der Waals surface area (Å²) in [4.78, 5) is 14.0. The second-order valence-electron chi connectivity index (χ2n) is 8.55. The highest BCUT2D eigenvalue weighted by molar-refractivity contribution is 7.99. The summed E-state index contributed by atoms with van der Waals surface area (Å²) in [5.41, 5.74) is 2.90. The van der Waals surface area contributed by atoms with Crippen molar-refractivity contribution in [2.24, 2.45) is 7.05 Å². The molecule has 1 aromatic carbocycles. The second kappa shape index (κ2) is 11.1. The van der Waals surface area contributed by atoms with Gasteiger partial charge in [-0.1, -0.05) is 36.7 Å². The summed E-state index contributed by atoms with van der Waals surface area (Å²) in [6, 6.07) is 10.2. The number of carbonyl (C=O) groups is 1. The minimum atomic E-state index is -0.286. The molecule has 1 aliphatic rings. The Morgan fingerprint density at radius 1 is 1.29 bits per heavy atom. The van der Waals surface area contributed by atoms with Crippen molar-refractivity contribution in [3.8, 4) is 11.8 Å². The molecule has 0 radical (unpaired) electrons. The number of hydrogen-bond donors (Lipinski definition) is 1. The van der Waals surface area contributed by atoms with Crippen LogP contribution in [-0.2, 0) is 24.7 Å². The third-order valence-corrected chi connectivity index (χ3v) is 8.13. The predicted molar refractivity (Wildman–Crippen MR) is 135 cm³/mol. The van der Waals surface area contributed by atoms with E-state index >= 15 is 0 Å². The number of rotatable bonds is 7. The quantitative estimate of drug-likeness (QED) is 0.430. The molecule has 1 atom stereocenters. The number of fused-ring (bicyclic) bond motifs is 1. The van der Waals surface area contributed by atoms with E-state index in [4.69, 9.17) is 4.74 Å². The van der Waals surface area contributed by atoms with Crippen LogP contribution in [0.25, 0.3) is 0 Å². The summed E-state index contributed by atoms with van der Waals surface area (Å²) in [6.45, 7) is 3.95. The molecule has 2 heterocycles. The van der Waals surface area contributed by atoms with E-state index in [9.17, 15) is 10.1 Å². The number of nitriles is 1. The molecule has 34 heavy (non-hydrogen) atoms. The molecule has 2 aromatic heterocycles. The number of ether oxygens (including phenoxy) is 1. The van der Waals surface area contributed by atoms with Gasteiger partial charge >= 0.3 is 0 Å². The van der Waals surface area contributed by atoms with Crippen LogP contribution in [0.5, 0.6) is 5.75 Å². The Balaban J connectivity index is 1.38. The maximum absolute atomic E-state index is 12.7. The lowest BCUT2D eigenvalue weighted by Gasteiger charge is -2.14. The molecule has 9 heteroatoms. The van der Waals surface area contributed by atoms with Crippen molar-refractivity contribution >= 4 is 34.0 Å². The Hall–Kier alpha value is -2.83. The van der Waals surface area contributed by atoms with Gasteiger partial charge < -0.3 is 14.6 Å². The smallest absolute Gasteiger partial charge is 0.235 e. The molecule has 1 unspecified atom stereocenters. The van der Waals surface area contributed by atoms with Crippen LogP contribution in [0.1, 0.15) is 66.1 Å². The van der Waals surface area contributed by atoms with Crippen molar-refractivity contribution in [1.29, 1.82) is 5.26 Å². The minimum absolute atomic E-state index is 0.149. The molecule has 4 rings (SSSR count). The number of thiophene rings is 1. The standard InChI is InChI=1S/C25H29N5O2S2/c1-16-9-8-10-18(13-16)32-17(2)23-28-29-25(30(23)3)33-15-22(31)27-24-20(14-26)19-11-6-4-5-7-12-21(19)34-24/h8-10,13,17H,4-7,11-12,15H2,1-3H3,(H,27,31). The average molecular weight is 496 g/mol. The zero-order chi connectivity index (χ0) is 24.1. The molecule has 0 saturated carbocycles. The van der Waals surface area contributed by atoms with Crippen LogP contribution in [0.15, 0.2) is 29.4 Å². The molecule has 3 aromatic rings. The van der Waals surface area contributed by atoms with Gasteiger partial charge in [0.25, 0.3) is 0 Å². The van der Waals surface area contributed by atoms with Crippen molar-refractivity contribution in [2.75, 3.05) is 11.1 Å². The number of thioether (sulfide) groups is 1. The number of amides is 1. The molecule has 0 saturated heterocycles. The van der Waals surface area contributed by atoms with Crippen LogP contribution < -0.4 is 10.1 Å². The largest absolute Gasteiger partial charge is 0.483 e. The average Bonchev–Trinajstić information content (AvgIpc) is 3.31. The number of aryl methyl sites for hydroxylation is 2. The molecule has 0 fully saturated rings. The van der Waals surface area contributed by atoms with Crippen molar-refractivity contribution in [2.45, 2.75) is 63.6 Å². The first kappa shape index (κ1) is 24.3. The van der Waals surface area contributed by atoms with Gasteiger partial charge in [0.15, 0.2) is 17.1 Å². The number of carbonyl (C=O) groups excluding carboxylic acids is 1. The highest BCUT2D eigenvalue weighted by Gasteiger charge is 2.22. The van der Waals surface area contributed by atoms with Gasteiger partial charge in [-0.05, 0) is 62.8 Å². The van der Waals surface area contributed by atoms with Gasteiger partial charge in [-0.2, -0.15) is 5.26 Å². The second-order valence-corrected chi connectivity index (χ2v) is 10.6. The Bertz CT molecular complexity index is 1210. The fourth-order valence-corrected chi connectivity index (χ4v) is 6.14. The molecule has 0 aliphatic heterocycles. The van der Waals surface area contributed by atoms with E-state index in [1.807, 2.05) is 49.7 Å². The van der Waals surface area contributed by atoms with Crippen LogP contribution >= 0.6 is 23.1 Å². The van der Waals surface area contributed by atoms with E-state index in [-0.39, 0.29) is 17.8 Å². The third-order valence-electron chi connectivity index (χ3n) is 5.90. The first-order valence-electron chi connectivity index (χ1n) is 11.6. The van der Waals surface area contributed by atoms with Gasteiger partial charge in [-0.15, -0.1) is 21.5 Å². The van der Waals surface area contributed by atoms with Crippen molar-refractivity contribution in [3.63, 3.8) is 0 Å². The SMILES string of the molecule is Cc1cccc(OC(C)c2nnc(SCC(=O)Nc3sc4c(c3C#N)CCCCCC4)n2C)c1. The van der Waals surface area contributed by atoms with Crippen molar-refractivity contribution in [1.82, 2.24) is 14.8 Å². The first-order chi connectivity index (χ1) is 16.5. The highest BCUT2D eigenvalue weighted by Crippen LogP contribution is 2.36. The van der Waals surface area contributed by atoms with Gasteiger partial charge in [-0.3, -0.25) is 4.79 Å². The summed E-state index contributed by atoms with van der Waals surface area (Å²) in [6.07, 6.45) is 6.29. The maximum Gasteiger partial charge on any atom is 0.235 e. The molecule has 7 nitrogen and oxygen atoms in total. The van der Waals surface area contributed by atoms with Crippen LogP contribution in [0.2, 0.25) is 0 Å². The molecule has 1 N–H and O–H groups in total. The molecular weight excluding hydrogens is 466 g/mol. The number of anilines is 1. The fourth-order valence-electron chi connectivity index (χ4n) is 4.17. The maximum atomic E-state index is 12.7. The number of hydrogen-bond acceptors (Lipinski definition) is 7. The minimum Gasteiger partial charge on any atom is -0.483 e. The lowest BCUT2D eigenvalue weighted by Crippen LogP contribution is -2.15. The number of aromatic nitrogens is 3. The highest BCUT2D eigenvalue weighted by atomic mass is 32.2. The Morgan fingerprint density at radius 3 is 2.85 bits per heavy atom. The summed E-state index contributed by atoms with van der Waals surface area (Å²) >= 11 is 2.88. The van der Waals surface area contributed by atoms with Gasteiger partial charge in [0.05, 0.1) is 11.3 Å². The number of benzene rings is 1. The summed E-state index contributed by atoms with van der Waals surface area (Å²) in [7, 11) is 1.87.